The predicted molar refractivity (Wildman–Crippen MR) is 113 cm³/mol. The van der Waals surface area contributed by atoms with E-state index in [2.05, 4.69) is 4.98 Å². The van der Waals surface area contributed by atoms with Crippen molar-refractivity contribution in [1.29, 1.82) is 0 Å². The van der Waals surface area contributed by atoms with E-state index >= 15 is 0 Å². The van der Waals surface area contributed by atoms with Crippen LogP contribution in [0.1, 0.15) is 15.9 Å². The maximum atomic E-state index is 12.6. The monoisotopic (exact) mass is 382 g/mol. The number of hydrogen-bond acceptors (Lipinski definition) is 3. The number of H-pyrrole nitrogens is 1. The molecule has 0 amide bonds. The van der Waals surface area contributed by atoms with Gasteiger partial charge in [-0.3, -0.25) is 9.36 Å². The average Bonchev–Trinajstić information content (AvgIpc) is 3.14. The lowest BCUT2D eigenvalue weighted by Crippen LogP contribution is -2.16. The molecule has 0 bridgehead atoms. The molecule has 29 heavy (non-hydrogen) atoms. The standard InChI is InChI=1S/C24H18N2O3/c27-21-11-4-6-17(14-21)12-13-23(28)19-9-5-10-20(15-19)26-22(16-25-24(26)29)18-7-2-1-3-8-18/h1-16,27H,(H,25,29). The fourth-order valence-corrected chi connectivity index (χ4v) is 3.14. The molecular formula is C24H18N2O3. The number of rotatable bonds is 5. The van der Waals surface area contributed by atoms with Crippen LogP contribution in [-0.2, 0) is 0 Å². The summed E-state index contributed by atoms with van der Waals surface area (Å²) in [6.45, 7) is 0. The average molecular weight is 382 g/mol. The van der Waals surface area contributed by atoms with E-state index in [0.717, 1.165) is 16.8 Å². The third kappa shape index (κ3) is 3.94. The maximum absolute atomic E-state index is 12.6. The highest BCUT2D eigenvalue weighted by Gasteiger charge is 2.12. The summed E-state index contributed by atoms with van der Waals surface area (Å²) in [5.41, 5.74) is 3.13. The number of carbonyl (C=O) groups is 1. The zero-order chi connectivity index (χ0) is 20.2. The molecule has 2 N–H and O–H groups in total. The first-order valence-electron chi connectivity index (χ1n) is 9.09. The topological polar surface area (TPSA) is 75.1 Å². The Morgan fingerprint density at radius 1 is 0.931 bits per heavy atom. The molecule has 142 valence electrons. The summed E-state index contributed by atoms with van der Waals surface area (Å²) in [6, 6.07) is 23.2. The summed E-state index contributed by atoms with van der Waals surface area (Å²) in [6.07, 6.45) is 4.76. The Hall–Kier alpha value is -4.12. The molecule has 0 saturated carbocycles. The molecule has 0 aliphatic heterocycles. The van der Waals surface area contributed by atoms with E-state index in [1.54, 1.807) is 65.4 Å². The highest BCUT2D eigenvalue weighted by molar-refractivity contribution is 6.07. The summed E-state index contributed by atoms with van der Waals surface area (Å²) in [4.78, 5) is 27.8. The van der Waals surface area contributed by atoms with Crippen LogP contribution in [0.25, 0.3) is 23.0 Å². The van der Waals surface area contributed by atoms with Gasteiger partial charge in [0, 0.05) is 17.3 Å². The van der Waals surface area contributed by atoms with Crippen LogP contribution in [0, 0.1) is 0 Å². The SMILES string of the molecule is O=C(C=Cc1cccc(O)c1)c1cccc(-n2c(-c3ccccc3)c[nH]c2=O)c1. The second-order valence-corrected chi connectivity index (χ2v) is 6.52. The predicted octanol–water partition coefficient (Wildman–Crippen LogP) is 4.43. The Morgan fingerprint density at radius 3 is 2.52 bits per heavy atom. The van der Waals surface area contributed by atoms with Crippen molar-refractivity contribution in [2.24, 2.45) is 0 Å². The first-order valence-corrected chi connectivity index (χ1v) is 9.09. The minimum Gasteiger partial charge on any atom is -0.508 e. The van der Waals surface area contributed by atoms with E-state index in [9.17, 15) is 14.7 Å². The number of ketones is 1. The van der Waals surface area contributed by atoms with Gasteiger partial charge < -0.3 is 10.1 Å². The van der Waals surface area contributed by atoms with Gasteiger partial charge in [0.25, 0.3) is 0 Å². The third-order valence-electron chi connectivity index (χ3n) is 4.53. The lowest BCUT2D eigenvalue weighted by atomic mass is 10.1. The van der Waals surface area contributed by atoms with E-state index in [0.29, 0.717) is 11.3 Å². The van der Waals surface area contributed by atoms with Crippen LogP contribution in [-0.4, -0.2) is 20.4 Å². The lowest BCUT2D eigenvalue weighted by Gasteiger charge is -2.08. The summed E-state index contributed by atoms with van der Waals surface area (Å²) in [5.74, 6) is -0.0538. The van der Waals surface area contributed by atoms with Crippen molar-refractivity contribution < 1.29 is 9.90 Å². The van der Waals surface area contributed by atoms with Crippen molar-refractivity contribution in [2.75, 3.05) is 0 Å². The molecule has 0 aliphatic rings. The number of nitrogens with one attached hydrogen (secondary N) is 1. The summed E-state index contributed by atoms with van der Waals surface area (Å²) in [7, 11) is 0. The second-order valence-electron chi connectivity index (χ2n) is 6.52. The highest BCUT2D eigenvalue weighted by atomic mass is 16.3. The number of phenolic OH excluding ortho intramolecular Hbond substituents is 1. The highest BCUT2D eigenvalue weighted by Crippen LogP contribution is 2.21. The maximum Gasteiger partial charge on any atom is 0.330 e. The molecule has 0 spiro atoms. The van der Waals surface area contributed by atoms with Gasteiger partial charge in [0.05, 0.1) is 11.4 Å². The number of phenols is 1. The van der Waals surface area contributed by atoms with Crippen LogP contribution >= 0.6 is 0 Å². The van der Waals surface area contributed by atoms with Gasteiger partial charge >= 0.3 is 5.69 Å². The molecule has 0 saturated heterocycles. The Kier molecular flexibility index (Phi) is 4.95. The van der Waals surface area contributed by atoms with Gasteiger partial charge in [0.15, 0.2) is 5.78 Å². The van der Waals surface area contributed by atoms with Gasteiger partial charge in [0.1, 0.15) is 5.75 Å². The zero-order valence-corrected chi connectivity index (χ0v) is 15.4. The van der Waals surface area contributed by atoms with E-state index < -0.39 is 0 Å². The molecule has 0 radical (unpaired) electrons. The molecule has 1 heterocycles. The number of benzene rings is 3. The van der Waals surface area contributed by atoms with Gasteiger partial charge in [-0.05, 0) is 35.9 Å². The number of nitrogens with zero attached hydrogens (tertiary/aromatic N) is 1. The molecule has 0 aliphatic carbocycles. The lowest BCUT2D eigenvalue weighted by molar-refractivity contribution is 0.104. The van der Waals surface area contributed by atoms with Crippen molar-refractivity contribution >= 4 is 11.9 Å². The molecule has 0 atom stereocenters. The summed E-state index contributed by atoms with van der Waals surface area (Å²) in [5, 5.41) is 9.53. The minimum atomic E-state index is -0.274. The number of imidazole rings is 1. The van der Waals surface area contributed by atoms with Crippen LogP contribution in [0.2, 0.25) is 0 Å². The largest absolute Gasteiger partial charge is 0.508 e. The smallest absolute Gasteiger partial charge is 0.330 e. The fraction of sp³-hybridized carbons (Fsp3) is 0. The molecule has 0 fully saturated rings. The van der Waals surface area contributed by atoms with Crippen LogP contribution in [0.15, 0.2) is 95.9 Å². The number of hydrogen-bond donors (Lipinski definition) is 2. The van der Waals surface area contributed by atoms with Gasteiger partial charge in [0.2, 0.25) is 0 Å². The molecule has 4 rings (SSSR count). The van der Waals surface area contributed by atoms with Crippen LogP contribution in [0.4, 0.5) is 0 Å². The first-order chi connectivity index (χ1) is 14.1. The third-order valence-corrected chi connectivity index (χ3v) is 4.53. The number of aromatic hydroxyl groups is 1. The fourth-order valence-electron chi connectivity index (χ4n) is 3.14. The van der Waals surface area contributed by atoms with Crippen molar-refractivity contribution in [3.05, 3.63) is 113 Å². The molecule has 5 heteroatoms. The number of aromatic amines is 1. The first kappa shape index (κ1) is 18.3. The van der Waals surface area contributed by atoms with Gasteiger partial charge in [-0.25, -0.2) is 4.79 Å². The normalized spacial score (nSPS) is 11.0. The van der Waals surface area contributed by atoms with Gasteiger partial charge in [-0.15, -0.1) is 0 Å². The number of carbonyl (C=O) groups excluding carboxylic acids is 1. The Labute approximate surface area is 167 Å². The van der Waals surface area contributed by atoms with Gasteiger partial charge in [-0.2, -0.15) is 0 Å². The summed E-state index contributed by atoms with van der Waals surface area (Å²) >= 11 is 0. The minimum absolute atomic E-state index is 0.141. The van der Waals surface area contributed by atoms with E-state index in [1.807, 2.05) is 30.3 Å². The van der Waals surface area contributed by atoms with Gasteiger partial charge in [-0.1, -0.05) is 60.7 Å². The zero-order valence-electron chi connectivity index (χ0n) is 15.4. The van der Waals surface area contributed by atoms with E-state index in [1.165, 1.54) is 6.08 Å². The summed E-state index contributed by atoms with van der Waals surface area (Å²) < 4.78 is 1.55. The van der Waals surface area contributed by atoms with Crippen molar-refractivity contribution in [2.45, 2.75) is 0 Å². The van der Waals surface area contributed by atoms with Crippen molar-refractivity contribution in [1.82, 2.24) is 9.55 Å². The van der Waals surface area contributed by atoms with E-state index in [4.69, 9.17) is 0 Å². The van der Waals surface area contributed by atoms with Crippen LogP contribution < -0.4 is 5.69 Å². The molecular weight excluding hydrogens is 364 g/mol. The Bertz CT molecular complexity index is 1250. The Morgan fingerprint density at radius 2 is 1.72 bits per heavy atom. The second kappa shape index (κ2) is 7.86. The molecule has 4 aromatic rings. The number of allylic oxidation sites excluding steroid dienone is 1. The molecule has 3 aromatic carbocycles. The quantitative estimate of drug-likeness (QED) is 0.396. The molecule has 0 unspecified atom stereocenters. The molecule has 5 nitrogen and oxygen atoms in total. The van der Waals surface area contributed by atoms with Crippen LogP contribution in [0.5, 0.6) is 5.75 Å². The van der Waals surface area contributed by atoms with Crippen LogP contribution in [0.3, 0.4) is 0 Å². The van der Waals surface area contributed by atoms with Crippen molar-refractivity contribution in [3.63, 3.8) is 0 Å². The molecule has 1 aromatic heterocycles. The van der Waals surface area contributed by atoms with E-state index in [-0.39, 0.29) is 17.2 Å². The number of aromatic nitrogens is 2. The Balaban J connectivity index is 1.68. The van der Waals surface area contributed by atoms with Crippen molar-refractivity contribution in [3.8, 4) is 22.7 Å².